The Morgan fingerprint density at radius 3 is 1.94 bits per heavy atom. The van der Waals surface area contributed by atoms with E-state index in [0.717, 1.165) is 6.17 Å². The van der Waals surface area contributed by atoms with Gasteiger partial charge in [0, 0.05) is 9.52 Å². The summed E-state index contributed by atoms with van der Waals surface area (Å²) in [6, 6.07) is 1.46. The van der Waals surface area contributed by atoms with E-state index in [2.05, 4.69) is 28.5 Å². The molecule has 0 aliphatic carbocycles. The second-order valence-electron chi connectivity index (χ2n) is 5.11. The summed E-state index contributed by atoms with van der Waals surface area (Å²) in [4.78, 5) is 5.50. The minimum Gasteiger partial charge on any atom is -0.288 e. The van der Waals surface area contributed by atoms with E-state index in [-0.39, 0.29) is 9.52 Å². The summed E-state index contributed by atoms with van der Waals surface area (Å²) in [5.74, 6) is 0. The van der Waals surface area contributed by atoms with Gasteiger partial charge < -0.3 is 0 Å². The van der Waals surface area contributed by atoms with E-state index in [0.29, 0.717) is 0 Å². The van der Waals surface area contributed by atoms with Crippen molar-refractivity contribution >= 4 is 9.52 Å². The lowest BCUT2D eigenvalue weighted by Crippen LogP contribution is -2.46. The Kier molecular flexibility index (Phi) is 5.07. The van der Waals surface area contributed by atoms with E-state index in [1.54, 1.807) is 0 Å². The van der Waals surface area contributed by atoms with Crippen LogP contribution in [0.25, 0.3) is 0 Å². The molecule has 0 bridgehead atoms. The van der Waals surface area contributed by atoms with Crippen LogP contribution in [0, 0.1) is 0 Å². The lowest BCUT2D eigenvalue weighted by Gasteiger charge is -2.35. The number of nitrogens with zero attached hydrogens (tertiary/aromatic N) is 2. The van der Waals surface area contributed by atoms with Crippen LogP contribution < -0.4 is 0 Å². The molecule has 0 radical (unpaired) electrons. The fourth-order valence-electron chi connectivity index (χ4n) is 3.09. The smallest absolute Gasteiger partial charge is 0.0595 e. The van der Waals surface area contributed by atoms with Crippen molar-refractivity contribution in [3.63, 3.8) is 0 Å². The van der Waals surface area contributed by atoms with Gasteiger partial charge in [0.15, 0.2) is 0 Å². The Hall–Kier alpha value is -0.123. The summed E-state index contributed by atoms with van der Waals surface area (Å²) in [6.45, 7) is 7.57. The minimum absolute atomic E-state index is 0.0326. The van der Waals surface area contributed by atoms with Gasteiger partial charge in [-0.3, -0.25) is 9.80 Å². The van der Waals surface area contributed by atoms with Crippen molar-refractivity contribution in [3.8, 4) is 0 Å². The minimum atomic E-state index is 0.0326. The monoisotopic (exact) mass is 238 g/mol. The molecule has 0 aromatic rings. The van der Waals surface area contributed by atoms with Crippen molar-refractivity contribution in [2.45, 2.75) is 44.8 Å². The molecule has 2 fully saturated rings. The Bertz CT molecular complexity index is 202. The predicted molar refractivity (Wildman–Crippen MR) is 73.6 cm³/mol. The van der Waals surface area contributed by atoms with E-state index in [1.165, 1.54) is 57.9 Å². The second-order valence-corrected chi connectivity index (χ2v) is 6.74. The number of likely N-dealkylation sites (tertiary alicyclic amines) is 2. The van der Waals surface area contributed by atoms with E-state index >= 15 is 0 Å². The molecule has 2 saturated heterocycles. The van der Waals surface area contributed by atoms with Gasteiger partial charge in [-0.15, -0.1) is 5.70 Å². The molecule has 0 atom stereocenters. The van der Waals surface area contributed by atoms with Gasteiger partial charge in [0.05, 0.1) is 6.17 Å². The summed E-state index contributed by atoms with van der Waals surface area (Å²) in [7, 11) is 0.0326. The summed E-state index contributed by atoms with van der Waals surface area (Å²) in [5, 5.41) is 0. The van der Waals surface area contributed by atoms with Crippen molar-refractivity contribution in [1.29, 1.82) is 0 Å². The molecule has 0 saturated carbocycles. The standard InChI is InChI=1S/C13H26N2Si/c1-2-11-16-12-13(14-7-3-4-8-14)15-9-5-6-10-15/h2,11,13H,3-10,12,16H2,1H3/b11-2-. The average molecular weight is 238 g/mol. The highest BCUT2D eigenvalue weighted by molar-refractivity contribution is 6.42. The van der Waals surface area contributed by atoms with Gasteiger partial charge in [0.2, 0.25) is 0 Å². The molecule has 0 spiro atoms. The maximum atomic E-state index is 2.75. The third-order valence-electron chi connectivity index (χ3n) is 3.95. The van der Waals surface area contributed by atoms with Crippen LogP contribution in [0.1, 0.15) is 32.6 Å². The Balaban J connectivity index is 1.88. The molecule has 0 amide bonds. The summed E-state index contributed by atoms with van der Waals surface area (Å²) >= 11 is 0. The van der Waals surface area contributed by atoms with E-state index < -0.39 is 0 Å². The molecule has 3 heteroatoms. The van der Waals surface area contributed by atoms with Crippen molar-refractivity contribution in [2.24, 2.45) is 0 Å². The first-order valence-electron chi connectivity index (χ1n) is 7.01. The molecule has 2 nitrogen and oxygen atoms in total. The lowest BCUT2D eigenvalue weighted by molar-refractivity contribution is 0.0950. The largest absolute Gasteiger partial charge is 0.288 e. The molecule has 0 aromatic carbocycles. The summed E-state index contributed by atoms with van der Waals surface area (Å²) in [6.07, 6.45) is 8.75. The molecule has 2 heterocycles. The maximum absolute atomic E-state index is 2.75. The molecular weight excluding hydrogens is 212 g/mol. The summed E-state index contributed by atoms with van der Waals surface area (Å²) in [5.41, 5.74) is 2.46. The van der Waals surface area contributed by atoms with Crippen LogP contribution in [0.4, 0.5) is 0 Å². The first kappa shape index (κ1) is 12.3. The predicted octanol–water partition coefficient (Wildman–Crippen LogP) is 1.62. The first-order valence-corrected chi connectivity index (χ1v) is 8.82. The molecule has 0 aromatic heterocycles. The average Bonchev–Trinajstić information content (AvgIpc) is 2.97. The number of allylic oxidation sites excluding steroid dienone is 1. The first-order chi connectivity index (χ1) is 7.92. The van der Waals surface area contributed by atoms with Gasteiger partial charge in [0.1, 0.15) is 0 Å². The van der Waals surface area contributed by atoms with Crippen molar-refractivity contribution in [1.82, 2.24) is 9.80 Å². The molecule has 92 valence electrons. The fourth-order valence-corrected chi connectivity index (χ4v) is 4.64. The molecule has 2 rings (SSSR count). The zero-order chi connectivity index (χ0) is 11.2. The maximum Gasteiger partial charge on any atom is 0.0595 e. The third kappa shape index (κ3) is 3.19. The van der Waals surface area contributed by atoms with Gasteiger partial charge in [-0.05, 0) is 64.8 Å². The highest BCUT2D eigenvalue weighted by atomic mass is 28.2. The van der Waals surface area contributed by atoms with Crippen molar-refractivity contribution in [2.75, 3.05) is 26.2 Å². The Labute approximate surface area is 103 Å². The zero-order valence-electron chi connectivity index (χ0n) is 10.7. The van der Waals surface area contributed by atoms with Gasteiger partial charge in [-0.2, -0.15) is 0 Å². The van der Waals surface area contributed by atoms with Crippen molar-refractivity contribution < 1.29 is 0 Å². The molecule has 2 aliphatic rings. The van der Waals surface area contributed by atoms with Crippen LogP contribution in [0.15, 0.2) is 11.8 Å². The quantitative estimate of drug-likeness (QED) is 0.672. The topological polar surface area (TPSA) is 6.48 Å². The van der Waals surface area contributed by atoms with Crippen LogP contribution in [-0.2, 0) is 0 Å². The number of rotatable bonds is 5. The lowest BCUT2D eigenvalue weighted by atomic mass is 10.4. The zero-order valence-corrected chi connectivity index (χ0v) is 12.1. The van der Waals surface area contributed by atoms with E-state index in [4.69, 9.17) is 0 Å². The third-order valence-corrected chi connectivity index (χ3v) is 5.61. The summed E-state index contributed by atoms with van der Waals surface area (Å²) < 4.78 is 0. The number of hydrogen-bond donors (Lipinski definition) is 0. The molecule has 0 unspecified atom stereocenters. The molecule has 16 heavy (non-hydrogen) atoms. The van der Waals surface area contributed by atoms with Crippen LogP contribution in [0.5, 0.6) is 0 Å². The van der Waals surface area contributed by atoms with Crippen molar-refractivity contribution in [3.05, 3.63) is 11.8 Å². The molecule has 0 N–H and O–H groups in total. The van der Waals surface area contributed by atoms with Gasteiger partial charge in [-0.25, -0.2) is 0 Å². The van der Waals surface area contributed by atoms with Crippen LogP contribution >= 0.6 is 0 Å². The van der Waals surface area contributed by atoms with Crippen LogP contribution in [-0.4, -0.2) is 51.7 Å². The van der Waals surface area contributed by atoms with Gasteiger partial charge in [0.25, 0.3) is 0 Å². The Morgan fingerprint density at radius 1 is 1.00 bits per heavy atom. The molecule has 2 aliphatic heterocycles. The highest BCUT2D eigenvalue weighted by Crippen LogP contribution is 2.21. The Morgan fingerprint density at radius 2 is 1.50 bits per heavy atom. The van der Waals surface area contributed by atoms with Gasteiger partial charge >= 0.3 is 0 Å². The number of hydrogen-bond acceptors (Lipinski definition) is 2. The van der Waals surface area contributed by atoms with Crippen LogP contribution in [0.2, 0.25) is 6.04 Å². The fraction of sp³-hybridized carbons (Fsp3) is 0.846. The van der Waals surface area contributed by atoms with Gasteiger partial charge in [-0.1, -0.05) is 6.08 Å². The SMILES string of the molecule is C/C=C\[SiH2]CC(N1CCCC1)N1CCCC1. The van der Waals surface area contributed by atoms with E-state index in [1.807, 2.05) is 0 Å². The second kappa shape index (κ2) is 6.57. The van der Waals surface area contributed by atoms with E-state index in [9.17, 15) is 0 Å². The molecular formula is C13H26N2Si. The highest BCUT2D eigenvalue weighted by Gasteiger charge is 2.28. The normalized spacial score (nSPS) is 24.9. The van der Waals surface area contributed by atoms with Crippen LogP contribution in [0.3, 0.4) is 0 Å².